The number of anilines is 1. The first kappa shape index (κ1) is 22.1. The molecule has 0 aliphatic carbocycles. The molecule has 4 rings (SSSR count). The highest BCUT2D eigenvalue weighted by atomic mass is 19.1. The maximum Gasteiger partial charge on any atom is 0.254 e. The third-order valence-electron chi connectivity index (χ3n) is 5.46. The van der Waals surface area contributed by atoms with E-state index in [0.717, 1.165) is 22.3 Å². The van der Waals surface area contributed by atoms with E-state index in [4.69, 9.17) is 5.73 Å². The number of aliphatic hydroxyl groups excluding tert-OH is 1. The van der Waals surface area contributed by atoms with Gasteiger partial charge in [0.15, 0.2) is 0 Å². The van der Waals surface area contributed by atoms with Gasteiger partial charge in [-0.3, -0.25) is 9.78 Å². The molecule has 33 heavy (non-hydrogen) atoms. The lowest BCUT2D eigenvalue weighted by molar-refractivity contribution is 0.0912. The summed E-state index contributed by atoms with van der Waals surface area (Å²) < 4.78 is 15.0. The van der Waals surface area contributed by atoms with Gasteiger partial charge < -0.3 is 16.2 Å². The highest BCUT2D eigenvalue weighted by Gasteiger charge is 2.19. The largest absolute Gasteiger partial charge is 0.394 e. The molecule has 1 unspecified atom stereocenters. The molecular formula is C26H23FN4O2. The molecule has 0 fully saturated rings. The number of carbonyl (C=O) groups is 1. The van der Waals surface area contributed by atoms with Crippen molar-refractivity contribution < 1.29 is 14.3 Å². The highest BCUT2D eigenvalue weighted by Crippen LogP contribution is 2.31. The van der Waals surface area contributed by atoms with Crippen LogP contribution in [0, 0.1) is 12.7 Å². The van der Waals surface area contributed by atoms with Gasteiger partial charge in [0.05, 0.1) is 18.2 Å². The minimum absolute atomic E-state index is 0.124. The Morgan fingerprint density at radius 2 is 1.85 bits per heavy atom. The van der Waals surface area contributed by atoms with Crippen molar-refractivity contribution in [1.82, 2.24) is 15.3 Å². The number of pyridine rings is 2. The fraction of sp³-hybridized carbons (Fsp3) is 0.115. The monoisotopic (exact) mass is 442 g/mol. The van der Waals surface area contributed by atoms with Crippen molar-refractivity contribution in [2.75, 3.05) is 12.3 Å². The summed E-state index contributed by atoms with van der Waals surface area (Å²) in [5.41, 5.74) is 10.5. The van der Waals surface area contributed by atoms with Crippen LogP contribution in [0.25, 0.3) is 22.3 Å². The molecular weight excluding hydrogens is 419 g/mol. The first-order chi connectivity index (χ1) is 16.0. The second-order valence-corrected chi connectivity index (χ2v) is 7.66. The minimum Gasteiger partial charge on any atom is -0.394 e. The molecule has 4 aromatic rings. The predicted molar refractivity (Wildman–Crippen MR) is 126 cm³/mol. The number of carbonyl (C=O) groups excluding carboxylic acids is 1. The van der Waals surface area contributed by atoms with Gasteiger partial charge in [0.2, 0.25) is 0 Å². The molecule has 0 aliphatic rings. The number of nitrogens with two attached hydrogens (primary N) is 1. The second-order valence-electron chi connectivity index (χ2n) is 7.66. The van der Waals surface area contributed by atoms with Gasteiger partial charge >= 0.3 is 0 Å². The zero-order valence-corrected chi connectivity index (χ0v) is 18.0. The fourth-order valence-electron chi connectivity index (χ4n) is 3.67. The van der Waals surface area contributed by atoms with Crippen LogP contribution in [0.2, 0.25) is 0 Å². The summed E-state index contributed by atoms with van der Waals surface area (Å²) in [5, 5.41) is 12.3. The summed E-state index contributed by atoms with van der Waals surface area (Å²) in [6, 6.07) is 16.4. The lowest BCUT2D eigenvalue weighted by atomic mass is 9.98. The van der Waals surface area contributed by atoms with E-state index in [1.165, 1.54) is 12.1 Å². The number of aromatic nitrogens is 2. The van der Waals surface area contributed by atoms with Gasteiger partial charge in [-0.25, -0.2) is 9.37 Å². The fourth-order valence-corrected chi connectivity index (χ4v) is 3.67. The van der Waals surface area contributed by atoms with Crippen molar-refractivity contribution in [1.29, 1.82) is 0 Å². The molecule has 2 heterocycles. The molecule has 7 heteroatoms. The molecule has 6 nitrogen and oxygen atoms in total. The Kier molecular flexibility index (Phi) is 6.42. The molecule has 1 amide bonds. The highest BCUT2D eigenvalue weighted by molar-refractivity contribution is 5.95. The van der Waals surface area contributed by atoms with E-state index in [1.807, 2.05) is 25.1 Å². The number of hydrogen-bond acceptors (Lipinski definition) is 5. The van der Waals surface area contributed by atoms with E-state index in [9.17, 15) is 14.3 Å². The van der Waals surface area contributed by atoms with E-state index < -0.39 is 17.8 Å². The van der Waals surface area contributed by atoms with Crippen LogP contribution in [-0.2, 0) is 0 Å². The van der Waals surface area contributed by atoms with Gasteiger partial charge in [-0.1, -0.05) is 36.4 Å². The molecule has 1 atom stereocenters. The Labute approximate surface area is 191 Å². The van der Waals surface area contributed by atoms with Gasteiger partial charge in [-0.2, -0.15) is 0 Å². The van der Waals surface area contributed by atoms with E-state index >= 15 is 0 Å². The molecule has 0 saturated heterocycles. The standard InChI is InChI=1S/C26H23FN4O2/c1-16-13-29-10-9-20(16)19-11-22(25(28)30-14-19)18-7-8-21(23(27)12-18)26(33)31-24(15-32)17-5-3-2-4-6-17/h2-14,24,32H,15H2,1H3,(H2,28,30)(H,31,33). The van der Waals surface area contributed by atoms with Gasteiger partial charge in [-0.15, -0.1) is 0 Å². The van der Waals surface area contributed by atoms with Crippen LogP contribution in [0.4, 0.5) is 10.2 Å². The topological polar surface area (TPSA) is 101 Å². The minimum atomic E-state index is -0.695. The Morgan fingerprint density at radius 1 is 1.06 bits per heavy atom. The van der Waals surface area contributed by atoms with Crippen molar-refractivity contribution in [2.45, 2.75) is 13.0 Å². The Morgan fingerprint density at radius 3 is 2.55 bits per heavy atom. The number of amides is 1. The molecule has 0 bridgehead atoms. The molecule has 0 radical (unpaired) electrons. The summed E-state index contributed by atoms with van der Waals surface area (Å²) in [6.07, 6.45) is 5.12. The smallest absolute Gasteiger partial charge is 0.254 e. The van der Waals surface area contributed by atoms with Gasteiger partial charge in [0, 0.05) is 29.7 Å². The summed E-state index contributed by atoms with van der Waals surface area (Å²) in [5.74, 6) is -1.06. The number of halogens is 1. The number of benzene rings is 2. The molecule has 2 aromatic heterocycles. The van der Waals surface area contributed by atoms with Crippen molar-refractivity contribution >= 4 is 11.7 Å². The summed E-state index contributed by atoms with van der Waals surface area (Å²) in [4.78, 5) is 21.1. The quantitative estimate of drug-likeness (QED) is 0.413. The number of rotatable bonds is 6. The van der Waals surface area contributed by atoms with E-state index in [2.05, 4.69) is 15.3 Å². The summed E-state index contributed by atoms with van der Waals surface area (Å²) >= 11 is 0. The van der Waals surface area contributed by atoms with E-state index in [0.29, 0.717) is 11.1 Å². The molecule has 166 valence electrons. The van der Waals surface area contributed by atoms with Gasteiger partial charge in [0.1, 0.15) is 11.6 Å². The molecule has 0 aliphatic heterocycles. The maximum atomic E-state index is 15.0. The van der Waals surface area contributed by atoms with Crippen molar-refractivity contribution in [3.05, 3.63) is 102 Å². The summed E-state index contributed by atoms with van der Waals surface area (Å²) in [6.45, 7) is 1.64. The average molecular weight is 442 g/mol. The van der Waals surface area contributed by atoms with Crippen LogP contribution in [0.3, 0.4) is 0 Å². The maximum absolute atomic E-state index is 15.0. The predicted octanol–water partition coefficient (Wildman–Crippen LogP) is 4.30. The first-order valence-electron chi connectivity index (χ1n) is 10.4. The van der Waals surface area contributed by atoms with Gasteiger partial charge in [0.25, 0.3) is 5.91 Å². The van der Waals surface area contributed by atoms with Crippen molar-refractivity contribution in [2.24, 2.45) is 0 Å². The SMILES string of the molecule is Cc1cnccc1-c1cnc(N)c(-c2ccc(C(=O)NC(CO)c3ccccc3)c(F)c2)c1. The van der Waals surface area contributed by atoms with Crippen molar-refractivity contribution in [3.63, 3.8) is 0 Å². The first-order valence-corrected chi connectivity index (χ1v) is 10.4. The lowest BCUT2D eigenvalue weighted by Gasteiger charge is -2.17. The van der Waals surface area contributed by atoms with Crippen LogP contribution in [0.15, 0.2) is 79.3 Å². The second kappa shape index (κ2) is 9.58. The number of nitrogens with zero attached hydrogens (tertiary/aromatic N) is 2. The van der Waals surface area contributed by atoms with Crippen LogP contribution < -0.4 is 11.1 Å². The summed E-state index contributed by atoms with van der Waals surface area (Å²) in [7, 11) is 0. The number of hydrogen-bond donors (Lipinski definition) is 3. The Bertz CT molecular complexity index is 1290. The average Bonchev–Trinajstić information content (AvgIpc) is 2.83. The van der Waals surface area contributed by atoms with Gasteiger partial charge in [-0.05, 0) is 53.4 Å². The number of aryl methyl sites for hydroxylation is 1. The third-order valence-corrected chi connectivity index (χ3v) is 5.46. The lowest BCUT2D eigenvalue weighted by Crippen LogP contribution is -2.31. The third kappa shape index (κ3) is 4.73. The Balaban J connectivity index is 1.62. The van der Waals surface area contributed by atoms with Crippen LogP contribution in [0.1, 0.15) is 27.5 Å². The van der Waals surface area contributed by atoms with Crippen LogP contribution >= 0.6 is 0 Å². The van der Waals surface area contributed by atoms with Crippen molar-refractivity contribution in [3.8, 4) is 22.3 Å². The molecule has 2 aromatic carbocycles. The van der Waals surface area contributed by atoms with E-state index in [1.54, 1.807) is 48.9 Å². The Hall–Kier alpha value is -4.10. The number of aliphatic hydroxyl groups is 1. The van der Waals surface area contributed by atoms with Crippen LogP contribution in [-0.4, -0.2) is 27.6 Å². The van der Waals surface area contributed by atoms with Crippen LogP contribution in [0.5, 0.6) is 0 Å². The molecule has 4 N–H and O–H groups in total. The molecule has 0 spiro atoms. The van der Waals surface area contributed by atoms with E-state index in [-0.39, 0.29) is 18.0 Å². The zero-order chi connectivity index (χ0) is 23.4. The zero-order valence-electron chi connectivity index (χ0n) is 18.0. The molecule has 0 saturated carbocycles. The normalized spacial score (nSPS) is 11.7. The number of nitrogens with one attached hydrogen (secondary N) is 1. The number of nitrogen functional groups attached to an aromatic ring is 1.